The molecule has 35 heavy (non-hydrogen) atoms. The second kappa shape index (κ2) is 8.79. The van der Waals surface area contributed by atoms with E-state index >= 15 is 4.39 Å². The number of para-hydroxylation sites is 1. The zero-order valence-electron chi connectivity index (χ0n) is 19.4. The summed E-state index contributed by atoms with van der Waals surface area (Å²) < 4.78 is 21.5. The average Bonchev–Trinajstić information content (AvgIpc) is 2.82. The van der Waals surface area contributed by atoms with Gasteiger partial charge in [0.2, 0.25) is 0 Å². The van der Waals surface area contributed by atoms with E-state index in [2.05, 4.69) is 10.3 Å². The van der Waals surface area contributed by atoms with Crippen molar-refractivity contribution in [3.05, 3.63) is 99.5 Å². The number of nitrogens with zero attached hydrogens (tertiary/aromatic N) is 2. The second-order valence-electron chi connectivity index (χ2n) is 9.07. The number of fused-ring (bicyclic) bond motifs is 1. The van der Waals surface area contributed by atoms with Crippen LogP contribution in [0.25, 0.3) is 11.0 Å². The van der Waals surface area contributed by atoms with Crippen LogP contribution in [0, 0.1) is 6.92 Å². The fraction of sp³-hybridized carbons (Fsp3) is 0.259. The number of aliphatic hydroxyl groups excluding tert-OH is 1. The monoisotopic (exact) mass is 475 g/mol. The van der Waals surface area contributed by atoms with E-state index in [1.165, 1.54) is 12.3 Å². The number of rotatable bonds is 6. The minimum absolute atomic E-state index is 0.0594. The maximum Gasteiger partial charge on any atom is 0.200 e. The van der Waals surface area contributed by atoms with Crippen LogP contribution in [0.3, 0.4) is 0 Å². The molecule has 7 nitrogen and oxygen atoms in total. The Bertz CT molecular complexity index is 1430. The van der Waals surface area contributed by atoms with Crippen molar-refractivity contribution >= 4 is 22.5 Å². The lowest BCUT2D eigenvalue weighted by molar-refractivity contribution is -0.0419. The first-order valence-electron chi connectivity index (χ1n) is 11.4. The average molecular weight is 476 g/mol. The number of alkyl halides is 1. The summed E-state index contributed by atoms with van der Waals surface area (Å²) in [5.41, 5.74) is 1.68. The van der Waals surface area contributed by atoms with Gasteiger partial charge in [-0.25, -0.2) is 4.39 Å². The van der Waals surface area contributed by atoms with Gasteiger partial charge in [0.15, 0.2) is 23.3 Å². The van der Waals surface area contributed by atoms with Crippen molar-refractivity contribution in [3.63, 3.8) is 0 Å². The van der Waals surface area contributed by atoms with Crippen LogP contribution in [0.15, 0.2) is 76.2 Å². The van der Waals surface area contributed by atoms with Gasteiger partial charge in [0.1, 0.15) is 5.58 Å². The summed E-state index contributed by atoms with van der Waals surface area (Å²) in [6.07, 6.45) is 1.49. The van der Waals surface area contributed by atoms with E-state index < -0.39 is 12.0 Å². The normalized spacial score (nSPS) is 15.8. The minimum atomic E-state index is -1.63. The quantitative estimate of drug-likeness (QED) is 0.357. The Kier molecular flexibility index (Phi) is 5.78. The molecule has 180 valence electrons. The predicted octanol–water partition coefficient (Wildman–Crippen LogP) is 4.34. The molecule has 2 aromatic heterocycles. The van der Waals surface area contributed by atoms with Gasteiger partial charge in [0, 0.05) is 40.8 Å². The van der Waals surface area contributed by atoms with E-state index in [4.69, 9.17) is 4.42 Å². The Labute approximate surface area is 201 Å². The van der Waals surface area contributed by atoms with Crippen LogP contribution in [0.2, 0.25) is 0 Å². The minimum Gasteiger partial charge on any atom is -0.440 e. The van der Waals surface area contributed by atoms with E-state index in [1.54, 1.807) is 53.6 Å². The van der Waals surface area contributed by atoms with Crippen molar-refractivity contribution in [1.82, 2.24) is 4.98 Å². The highest BCUT2D eigenvalue weighted by Gasteiger charge is 2.46. The molecule has 1 saturated heterocycles. The van der Waals surface area contributed by atoms with Crippen molar-refractivity contribution < 1.29 is 19.0 Å². The molecule has 4 aromatic rings. The number of halogens is 1. The SMILES string of the molecule is Cc1cc(C(C)Nc2ccccc2C(O)O)c2oc(N3CC(F)(c4cccnc4)C3)cc(=O)c2c1. The van der Waals surface area contributed by atoms with Crippen molar-refractivity contribution in [1.29, 1.82) is 0 Å². The summed E-state index contributed by atoms with van der Waals surface area (Å²) in [4.78, 5) is 18.7. The Balaban J connectivity index is 1.50. The van der Waals surface area contributed by atoms with Crippen LogP contribution in [-0.4, -0.2) is 28.3 Å². The van der Waals surface area contributed by atoms with Crippen LogP contribution in [0.5, 0.6) is 0 Å². The van der Waals surface area contributed by atoms with Crippen molar-refractivity contribution in [3.8, 4) is 0 Å². The van der Waals surface area contributed by atoms with Crippen LogP contribution >= 0.6 is 0 Å². The van der Waals surface area contributed by atoms with Crippen molar-refractivity contribution in [2.75, 3.05) is 23.3 Å². The zero-order chi connectivity index (χ0) is 24.7. The van der Waals surface area contributed by atoms with Gasteiger partial charge in [0.25, 0.3) is 0 Å². The molecule has 0 spiro atoms. The van der Waals surface area contributed by atoms with Crippen LogP contribution in [0.1, 0.15) is 41.5 Å². The van der Waals surface area contributed by atoms with Crippen LogP contribution in [-0.2, 0) is 5.67 Å². The van der Waals surface area contributed by atoms with E-state index in [0.29, 0.717) is 33.7 Å². The fourth-order valence-electron chi connectivity index (χ4n) is 4.59. The first kappa shape index (κ1) is 23.0. The first-order valence-corrected chi connectivity index (χ1v) is 11.4. The maximum atomic E-state index is 15.3. The molecule has 0 bridgehead atoms. The van der Waals surface area contributed by atoms with E-state index in [-0.39, 0.29) is 24.6 Å². The highest BCUT2D eigenvalue weighted by Crippen LogP contribution is 2.39. The molecular weight excluding hydrogens is 449 g/mol. The van der Waals surface area contributed by atoms with Gasteiger partial charge in [-0.3, -0.25) is 9.78 Å². The molecule has 1 aliphatic rings. The molecule has 1 unspecified atom stereocenters. The second-order valence-corrected chi connectivity index (χ2v) is 9.07. The van der Waals surface area contributed by atoms with E-state index in [1.807, 2.05) is 19.9 Å². The highest BCUT2D eigenvalue weighted by molar-refractivity contribution is 5.83. The number of benzene rings is 2. The molecular formula is C27H26FN3O4. The van der Waals surface area contributed by atoms with Gasteiger partial charge in [-0.15, -0.1) is 0 Å². The molecule has 1 aliphatic heterocycles. The Morgan fingerprint density at radius 1 is 1.11 bits per heavy atom. The zero-order valence-corrected chi connectivity index (χ0v) is 19.4. The molecule has 5 rings (SSSR count). The van der Waals surface area contributed by atoms with E-state index in [9.17, 15) is 15.0 Å². The molecule has 0 aliphatic carbocycles. The predicted molar refractivity (Wildman–Crippen MR) is 132 cm³/mol. The number of hydrogen-bond donors (Lipinski definition) is 3. The standard InChI is InChI=1S/C27H26FN3O4/c1-16-10-20(17(2)30-22-8-4-3-7-19(22)26(33)34)25-21(11-16)23(32)12-24(35-25)31-14-27(28,15-31)18-6-5-9-29-13-18/h3-13,17,26,30,33-34H,14-15H2,1-2H3. The summed E-state index contributed by atoms with van der Waals surface area (Å²) >= 11 is 0. The number of aryl methyl sites for hydroxylation is 1. The fourth-order valence-corrected chi connectivity index (χ4v) is 4.59. The summed E-state index contributed by atoms with van der Waals surface area (Å²) in [5, 5.41) is 23.2. The molecule has 0 saturated carbocycles. The highest BCUT2D eigenvalue weighted by atomic mass is 19.1. The van der Waals surface area contributed by atoms with Crippen molar-refractivity contribution in [2.24, 2.45) is 0 Å². The van der Waals surface area contributed by atoms with Crippen LogP contribution in [0.4, 0.5) is 16.0 Å². The molecule has 0 amide bonds. The third-order valence-corrected chi connectivity index (χ3v) is 6.44. The van der Waals surface area contributed by atoms with Gasteiger partial charge in [0.05, 0.1) is 24.5 Å². The number of anilines is 2. The summed E-state index contributed by atoms with van der Waals surface area (Å²) in [7, 11) is 0. The summed E-state index contributed by atoms with van der Waals surface area (Å²) in [6.45, 7) is 3.92. The lowest BCUT2D eigenvalue weighted by Crippen LogP contribution is -2.57. The molecule has 1 fully saturated rings. The Morgan fingerprint density at radius 3 is 2.60 bits per heavy atom. The van der Waals surface area contributed by atoms with Gasteiger partial charge in [-0.1, -0.05) is 30.3 Å². The molecule has 1 atom stereocenters. The lowest BCUT2D eigenvalue weighted by atomic mass is 9.89. The third-order valence-electron chi connectivity index (χ3n) is 6.44. The van der Waals surface area contributed by atoms with Crippen LogP contribution < -0.4 is 15.6 Å². The maximum absolute atomic E-state index is 15.3. The Morgan fingerprint density at radius 2 is 1.89 bits per heavy atom. The van der Waals surface area contributed by atoms with Gasteiger partial charge < -0.3 is 24.8 Å². The molecule has 8 heteroatoms. The summed E-state index contributed by atoms with van der Waals surface area (Å²) in [5.74, 6) is 0.308. The number of aliphatic hydroxyl groups is 2. The van der Waals surface area contributed by atoms with Gasteiger partial charge in [-0.2, -0.15) is 0 Å². The number of aromatic nitrogens is 1. The van der Waals surface area contributed by atoms with Gasteiger partial charge >= 0.3 is 0 Å². The smallest absolute Gasteiger partial charge is 0.200 e. The molecule has 0 radical (unpaired) electrons. The number of pyridine rings is 1. The third kappa shape index (κ3) is 4.26. The largest absolute Gasteiger partial charge is 0.440 e. The van der Waals surface area contributed by atoms with E-state index in [0.717, 1.165) is 11.1 Å². The van der Waals surface area contributed by atoms with Gasteiger partial charge in [-0.05, 0) is 37.6 Å². The molecule has 3 N–H and O–H groups in total. The summed E-state index contributed by atoms with van der Waals surface area (Å²) in [6, 6.07) is 15.1. The molecule has 3 heterocycles. The Hall–Kier alpha value is -3.75. The van der Waals surface area contributed by atoms with Crippen molar-refractivity contribution in [2.45, 2.75) is 31.8 Å². The first-order chi connectivity index (χ1) is 16.7. The topological polar surface area (TPSA) is 98.8 Å². The lowest BCUT2D eigenvalue weighted by Gasteiger charge is -2.44. The number of hydrogen-bond acceptors (Lipinski definition) is 7. The number of nitrogens with one attached hydrogen (secondary N) is 1. The molecule has 2 aromatic carbocycles.